The van der Waals surface area contributed by atoms with Gasteiger partial charge in [0.1, 0.15) is 5.75 Å². The average Bonchev–Trinajstić information content (AvgIpc) is 2.96. The van der Waals surface area contributed by atoms with Gasteiger partial charge in [0.15, 0.2) is 0 Å². The minimum absolute atomic E-state index is 0.153. The molecule has 1 heterocycles. The van der Waals surface area contributed by atoms with Gasteiger partial charge in [0.05, 0.1) is 29.3 Å². The lowest BCUT2D eigenvalue weighted by molar-refractivity contribution is 0.102. The third-order valence-corrected chi connectivity index (χ3v) is 3.87. The molecule has 0 saturated heterocycles. The van der Waals surface area contributed by atoms with Crippen LogP contribution in [-0.4, -0.2) is 13.0 Å². The van der Waals surface area contributed by atoms with Crippen molar-refractivity contribution in [3.05, 3.63) is 45.6 Å². The van der Waals surface area contributed by atoms with E-state index in [1.807, 2.05) is 24.4 Å². The first-order valence-electron chi connectivity index (χ1n) is 6.15. The SMILES string of the molecule is CCc1ccsc1C(=O)Nc1ccc(C#N)cc1OC. The Morgan fingerprint density at radius 1 is 1.45 bits per heavy atom. The van der Waals surface area contributed by atoms with Crippen LogP contribution in [0.3, 0.4) is 0 Å². The smallest absolute Gasteiger partial charge is 0.266 e. The van der Waals surface area contributed by atoms with Crippen LogP contribution in [0.1, 0.15) is 27.7 Å². The van der Waals surface area contributed by atoms with E-state index in [1.54, 1.807) is 18.2 Å². The van der Waals surface area contributed by atoms with Gasteiger partial charge in [-0.3, -0.25) is 4.79 Å². The molecule has 0 spiro atoms. The minimum Gasteiger partial charge on any atom is -0.495 e. The van der Waals surface area contributed by atoms with Gasteiger partial charge in [-0.15, -0.1) is 11.3 Å². The molecule has 1 amide bonds. The first-order chi connectivity index (χ1) is 9.69. The molecule has 2 rings (SSSR count). The van der Waals surface area contributed by atoms with Crippen molar-refractivity contribution in [3.63, 3.8) is 0 Å². The van der Waals surface area contributed by atoms with Crippen LogP contribution in [-0.2, 0) is 6.42 Å². The molecule has 0 aliphatic heterocycles. The predicted molar refractivity (Wildman–Crippen MR) is 79.4 cm³/mol. The molecule has 5 heteroatoms. The number of rotatable bonds is 4. The third-order valence-electron chi connectivity index (χ3n) is 2.91. The molecular weight excluding hydrogens is 272 g/mol. The predicted octanol–water partition coefficient (Wildman–Crippen LogP) is 3.44. The van der Waals surface area contributed by atoms with Gasteiger partial charge in [0.2, 0.25) is 0 Å². The fourth-order valence-electron chi connectivity index (χ4n) is 1.86. The van der Waals surface area contributed by atoms with Crippen LogP contribution in [0.5, 0.6) is 5.75 Å². The number of thiophene rings is 1. The van der Waals surface area contributed by atoms with Gasteiger partial charge in [-0.2, -0.15) is 5.26 Å². The monoisotopic (exact) mass is 286 g/mol. The summed E-state index contributed by atoms with van der Waals surface area (Å²) in [5.41, 5.74) is 2.08. The highest BCUT2D eigenvalue weighted by Gasteiger charge is 2.14. The lowest BCUT2D eigenvalue weighted by Crippen LogP contribution is -2.12. The van der Waals surface area contributed by atoms with Crippen LogP contribution in [0.4, 0.5) is 5.69 Å². The average molecular weight is 286 g/mol. The molecule has 0 radical (unpaired) electrons. The van der Waals surface area contributed by atoms with Crippen molar-refractivity contribution in [2.45, 2.75) is 13.3 Å². The summed E-state index contributed by atoms with van der Waals surface area (Å²) in [4.78, 5) is 13.0. The highest BCUT2D eigenvalue weighted by Crippen LogP contribution is 2.27. The number of aryl methyl sites for hydroxylation is 1. The number of amides is 1. The van der Waals surface area contributed by atoms with E-state index in [0.717, 1.165) is 12.0 Å². The fourth-order valence-corrected chi connectivity index (χ4v) is 2.75. The topological polar surface area (TPSA) is 62.1 Å². The van der Waals surface area contributed by atoms with Crippen molar-refractivity contribution < 1.29 is 9.53 Å². The van der Waals surface area contributed by atoms with E-state index in [4.69, 9.17) is 10.00 Å². The second-order valence-electron chi connectivity index (χ2n) is 4.11. The summed E-state index contributed by atoms with van der Waals surface area (Å²) in [6, 6.07) is 8.91. The van der Waals surface area contributed by atoms with Crippen molar-refractivity contribution in [2.75, 3.05) is 12.4 Å². The number of carbonyl (C=O) groups excluding carboxylic acids is 1. The molecule has 20 heavy (non-hydrogen) atoms. The Hall–Kier alpha value is -2.32. The fraction of sp³-hybridized carbons (Fsp3) is 0.200. The summed E-state index contributed by atoms with van der Waals surface area (Å²) in [6.07, 6.45) is 0.816. The molecule has 0 fully saturated rings. The molecule has 0 saturated carbocycles. The lowest BCUT2D eigenvalue weighted by atomic mass is 10.2. The van der Waals surface area contributed by atoms with Crippen LogP contribution >= 0.6 is 11.3 Å². The van der Waals surface area contributed by atoms with Crippen molar-refractivity contribution >= 4 is 22.9 Å². The molecule has 0 aliphatic carbocycles. The molecule has 1 N–H and O–H groups in total. The van der Waals surface area contributed by atoms with Crippen LogP contribution in [0.15, 0.2) is 29.6 Å². The van der Waals surface area contributed by atoms with Gasteiger partial charge in [-0.05, 0) is 35.6 Å². The largest absolute Gasteiger partial charge is 0.495 e. The van der Waals surface area contributed by atoms with Gasteiger partial charge in [0, 0.05) is 6.07 Å². The Kier molecular flexibility index (Phi) is 4.38. The van der Waals surface area contributed by atoms with Gasteiger partial charge in [-0.25, -0.2) is 0 Å². The Balaban J connectivity index is 2.26. The summed E-state index contributed by atoms with van der Waals surface area (Å²) >= 11 is 1.42. The van der Waals surface area contributed by atoms with E-state index in [0.29, 0.717) is 21.9 Å². The molecule has 0 aliphatic rings. The number of hydrogen-bond acceptors (Lipinski definition) is 4. The van der Waals surface area contributed by atoms with Crippen LogP contribution in [0, 0.1) is 11.3 Å². The summed E-state index contributed by atoms with van der Waals surface area (Å²) < 4.78 is 5.20. The van der Waals surface area contributed by atoms with E-state index in [2.05, 4.69) is 5.32 Å². The Bertz CT molecular complexity index is 671. The highest BCUT2D eigenvalue weighted by atomic mass is 32.1. The molecule has 0 unspecified atom stereocenters. The zero-order chi connectivity index (χ0) is 14.5. The number of nitriles is 1. The molecule has 0 bridgehead atoms. The normalized spacial score (nSPS) is 9.85. The number of ether oxygens (including phenoxy) is 1. The number of nitrogens with zero attached hydrogens (tertiary/aromatic N) is 1. The van der Waals surface area contributed by atoms with Crippen LogP contribution in [0.25, 0.3) is 0 Å². The van der Waals surface area contributed by atoms with Crippen molar-refractivity contribution in [2.24, 2.45) is 0 Å². The number of methoxy groups -OCH3 is 1. The minimum atomic E-state index is -0.153. The molecule has 4 nitrogen and oxygen atoms in total. The first kappa shape index (κ1) is 14.1. The number of benzene rings is 1. The molecule has 1 aromatic heterocycles. The maximum absolute atomic E-state index is 12.3. The number of nitrogens with one attached hydrogen (secondary N) is 1. The molecule has 1 aromatic carbocycles. The van der Waals surface area contributed by atoms with E-state index in [-0.39, 0.29) is 5.91 Å². The number of hydrogen-bond donors (Lipinski definition) is 1. The second-order valence-corrected chi connectivity index (χ2v) is 5.03. The highest BCUT2D eigenvalue weighted by molar-refractivity contribution is 7.12. The van der Waals surface area contributed by atoms with Gasteiger partial charge in [0.25, 0.3) is 5.91 Å². The molecule has 0 atom stereocenters. The first-order valence-corrected chi connectivity index (χ1v) is 7.03. The Labute approximate surface area is 121 Å². The molecule has 2 aromatic rings. The summed E-state index contributed by atoms with van der Waals surface area (Å²) in [7, 11) is 1.51. The van der Waals surface area contributed by atoms with Crippen molar-refractivity contribution in [3.8, 4) is 11.8 Å². The van der Waals surface area contributed by atoms with E-state index < -0.39 is 0 Å². The third kappa shape index (κ3) is 2.81. The maximum Gasteiger partial charge on any atom is 0.266 e. The second kappa shape index (κ2) is 6.22. The quantitative estimate of drug-likeness (QED) is 0.936. The number of anilines is 1. The lowest BCUT2D eigenvalue weighted by Gasteiger charge is -2.10. The summed E-state index contributed by atoms with van der Waals surface area (Å²) in [5.74, 6) is 0.326. The van der Waals surface area contributed by atoms with Crippen LogP contribution in [0.2, 0.25) is 0 Å². The van der Waals surface area contributed by atoms with Gasteiger partial charge >= 0.3 is 0 Å². The maximum atomic E-state index is 12.3. The standard InChI is InChI=1S/C15H14N2O2S/c1-3-11-6-7-20-14(11)15(18)17-12-5-4-10(9-16)8-13(12)19-2/h4-8H,3H2,1-2H3,(H,17,18). The molecule has 102 valence electrons. The van der Waals surface area contributed by atoms with E-state index in [9.17, 15) is 4.79 Å². The van der Waals surface area contributed by atoms with Gasteiger partial charge < -0.3 is 10.1 Å². The summed E-state index contributed by atoms with van der Waals surface area (Å²) in [6.45, 7) is 2.02. The summed E-state index contributed by atoms with van der Waals surface area (Å²) in [5, 5.41) is 13.6. The van der Waals surface area contributed by atoms with Crippen molar-refractivity contribution in [1.82, 2.24) is 0 Å². The zero-order valence-electron chi connectivity index (χ0n) is 11.3. The number of carbonyl (C=O) groups is 1. The van der Waals surface area contributed by atoms with E-state index >= 15 is 0 Å². The van der Waals surface area contributed by atoms with Gasteiger partial charge in [-0.1, -0.05) is 6.92 Å². The van der Waals surface area contributed by atoms with Crippen LogP contribution < -0.4 is 10.1 Å². The Morgan fingerprint density at radius 2 is 2.25 bits per heavy atom. The zero-order valence-corrected chi connectivity index (χ0v) is 12.1. The Morgan fingerprint density at radius 3 is 2.90 bits per heavy atom. The van der Waals surface area contributed by atoms with Crippen molar-refractivity contribution in [1.29, 1.82) is 5.26 Å². The van der Waals surface area contributed by atoms with E-state index in [1.165, 1.54) is 18.4 Å². The molecular formula is C15H14N2O2S.